The number of phenolic OH excluding ortho intramolecular Hbond substituents is 1. The summed E-state index contributed by atoms with van der Waals surface area (Å²) in [7, 11) is -1.21. The van der Waals surface area contributed by atoms with E-state index >= 15 is 0 Å². The lowest BCUT2D eigenvalue weighted by molar-refractivity contribution is -0.384. The molecule has 0 spiro atoms. The zero-order valence-corrected chi connectivity index (χ0v) is 25.5. The zero-order valence-electron chi connectivity index (χ0n) is 24.0. The topological polar surface area (TPSA) is 163 Å². The average Bonchev–Trinajstić information content (AvgIpc) is 3.29. The third-order valence-corrected chi connectivity index (χ3v) is 9.28. The molecular formula is C32H29BBrN3O8. The number of anilines is 1. The van der Waals surface area contributed by atoms with Crippen molar-refractivity contribution in [3.8, 4) is 5.75 Å². The molecule has 3 heterocycles. The molecule has 13 heteroatoms. The Morgan fingerprint density at radius 2 is 1.96 bits per heavy atom. The Morgan fingerprint density at radius 1 is 1.13 bits per heavy atom. The van der Waals surface area contributed by atoms with Crippen LogP contribution in [0.3, 0.4) is 0 Å². The number of rotatable bonds is 8. The van der Waals surface area contributed by atoms with Crippen LogP contribution in [0, 0.1) is 27.9 Å². The van der Waals surface area contributed by atoms with E-state index in [9.17, 15) is 34.9 Å². The van der Waals surface area contributed by atoms with E-state index in [4.69, 9.17) is 4.65 Å². The summed E-state index contributed by atoms with van der Waals surface area (Å²) in [5.74, 6) is -3.04. The molecule has 0 unspecified atom stereocenters. The van der Waals surface area contributed by atoms with Crippen LogP contribution in [0.1, 0.15) is 30.5 Å². The Kier molecular flexibility index (Phi) is 8.69. The quantitative estimate of drug-likeness (QED) is 0.100. The van der Waals surface area contributed by atoms with Crippen LogP contribution >= 0.6 is 15.9 Å². The van der Waals surface area contributed by atoms with Gasteiger partial charge in [0.15, 0.2) is 0 Å². The Balaban J connectivity index is 1.32. The number of nitro benzene ring substituents is 1. The van der Waals surface area contributed by atoms with Crippen LogP contribution in [0.15, 0.2) is 82.5 Å². The molecule has 2 aromatic carbocycles. The summed E-state index contributed by atoms with van der Waals surface area (Å²) < 4.78 is 6.82. The second-order valence-corrected chi connectivity index (χ2v) is 12.3. The molecule has 2 aliphatic heterocycles. The van der Waals surface area contributed by atoms with Gasteiger partial charge in [-0.2, -0.15) is 0 Å². The number of halogens is 1. The fourth-order valence-corrected chi connectivity index (χ4v) is 7.23. The van der Waals surface area contributed by atoms with Crippen molar-refractivity contribution in [3.63, 3.8) is 0 Å². The number of allylic oxidation sites excluding steroid dienone is 1. The molecule has 2 fully saturated rings. The van der Waals surface area contributed by atoms with E-state index in [-0.39, 0.29) is 36.5 Å². The zero-order chi connectivity index (χ0) is 31.8. The van der Waals surface area contributed by atoms with Crippen LogP contribution in [0.5, 0.6) is 5.75 Å². The number of non-ortho nitro benzene ring substituents is 1. The van der Waals surface area contributed by atoms with Crippen LogP contribution in [-0.4, -0.2) is 56.8 Å². The van der Waals surface area contributed by atoms with E-state index in [0.29, 0.717) is 35.2 Å². The van der Waals surface area contributed by atoms with E-state index in [1.165, 1.54) is 24.3 Å². The molecule has 3 aliphatic rings. The Morgan fingerprint density at radius 3 is 2.69 bits per heavy atom. The van der Waals surface area contributed by atoms with Crippen molar-refractivity contribution in [2.75, 3.05) is 11.5 Å². The van der Waals surface area contributed by atoms with Crippen LogP contribution < -0.4 is 4.90 Å². The maximum Gasteiger partial charge on any atom is 0.455 e. The lowest BCUT2D eigenvalue weighted by Crippen LogP contribution is -2.46. The van der Waals surface area contributed by atoms with E-state index in [1.807, 2.05) is 18.2 Å². The number of fused-ring (bicyclic) bond motifs is 3. The number of phenols is 1. The predicted octanol–water partition coefficient (Wildman–Crippen LogP) is 4.77. The number of amides is 2. The summed E-state index contributed by atoms with van der Waals surface area (Å²) >= 11 is 3.45. The third-order valence-electron chi connectivity index (χ3n) is 8.79. The van der Waals surface area contributed by atoms with Crippen molar-refractivity contribution >= 4 is 57.9 Å². The minimum absolute atomic E-state index is 0.0626. The minimum atomic E-state index is -1.21. The number of carbonyl (C=O) groups excluding carboxylic acids is 2. The SMILES string of the molecule is O=C1[C@@H]2[C@@H](CC(CO)=C3[C@@H](CC/C(=C/c4cc(Br)ccc4O)c4ccccn4)OB(O)C[C@@H]32)C(=O)N1c1cccc([N+](=O)[O-])c1. The highest BCUT2D eigenvalue weighted by Gasteiger charge is 2.57. The average molecular weight is 674 g/mol. The second kappa shape index (κ2) is 12.7. The standard InChI is InChI=1S/C32H29BBrN3O8/c34-21-8-9-27(39)19(13-21)12-18(26-6-1-2-11-35-26)7-10-28-29-20(17-38)14-24-30(25(29)16-33(42)45-28)32(41)36(31(24)40)22-4-3-5-23(15-22)37(43)44/h1-6,8-9,11-13,15,24-25,28,30,38-39,42H,7,10,14,16-17H2/b18-12-/t24-,25+,28-,30-/m1/s1. The van der Waals surface area contributed by atoms with Gasteiger partial charge in [-0.25, -0.2) is 4.90 Å². The van der Waals surface area contributed by atoms with E-state index in [0.717, 1.165) is 14.9 Å². The summed E-state index contributed by atoms with van der Waals surface area (Å²) in [5, 5.41) is 43.2. The molecule has 1 aliphatic carbocycles. The first-order chi connectivity index (χ1) is 21.7. The normalized spacial score (nSPS) is 23.3. The molecule has 0 bridgehead atoms. The van der Waals surface area contributed by atoms with Gasteiger partial charge in [-0.1, -0.05) is 28.1 Å². The maximum atomic E-state index is 13.9. The fraction of sp³-hybridized carbons (Fsp3) is 0.281. The third kappa shape index (κ3) is 5.96. The number of hydrogen-bond donors (Lipinski definition) is 3. The molecule has 2 amide bonds. The van der Waals surface area contributed by atoms with Crippen molar-refractivity contribution in [1.82, 2.24) is 4.98 Å². The van der Waals surface area contributed by atoms with E-state index < -0.39 is 47.7 Å². The summed E-state index contributed by atoms with van der Waals surface area (Å²) in [6.07, 6.45) is 3.81. The number of hydrogen-bond acceptors (Lipinski definition) is 9. The Bertz CT molecular complexity index is 1730. The van der Waals surface area contributed by atoms with Crippen LogP contribution in [0.4, 0.5) is 11.4 Å². The van der Waals surface area contributed by atoms with Crippen molar-refractivity contribution in [2.45, 2.75) is 31.7 Å². The molecule has 230 valence electrons. The minimum Gasteiger partial charge on any atom is -0.507 e. The number of pyridine rings is 1. The molecule has 6 rings (SSSR count). The highest BCUT2D eigenvalue weighted by molar-refractivity contribution is 9.10. The lowest BCUT2D eigenvalue weighted by atomic mass is 9.58. The highest BCUT2D eigenvalue weighted by Crippen LogP contribution is 2.51. The molecule has 2 saturated heterocycles. The molecular weight excluding hydrogens is 645 g/mol. The van der Waals surface area contributed by atoms with Crippen LogP contribution in [-0.2, 0) is 14.2 Å². The summed E-state index contributed by atoms with van der Waals surface area (Å²) in [6, 6.07) is 16.0. The van der Waals surface area contributed by atoms with Crippen LogP contribution in [0.2, 0.25) is 6.32 Å². The number of carbonyl (C=O) groups is 2. The number of aliphatic hydroxyl groups excluding tert-OH is 1. The molecule has 0 saturated carbocycles. The van der Waals surface area contributed by atoms with Crippen molar-refractivity contribution in [3.05, 3.63) is 104 Å². The van der Waals surface area contributed by atoms with Gasteiger partial charge < -0.3 is 19.9 Å². The van der Waals surface area contributed by atoms with Gasteiger partial charge in [-0.05, 0) is 90.7 Å². The van der Waals surface area contributed by atoms with Gasteiger partial charge in [0.25, 0.3) is 5.69 Å². The van der Waals surface area contributed by atoms with Crippen molar-refractivity contribution in [1.29, 1.82) is 0 Å². The maximum absolute atomic E-state index is 13.9. The molecule has 3 N–H and O–H groups in total. The second-order valence-electron chi connectivity index (χ2n) is 11.4. The lowest BCUT2D eigenvalue weighted by Gasteiger charge is -2.42. The highest BCUT2D eigenvalue weighted by atomic mass is 79.9. The summed E-state index contributed by atoms with van der Waals surface area (Å²) in [6.45, 7) is -0.349. The van der Waals surface area contributed by atoms with E-state index in [2.05, 4.69) is 20.9 Å². The molecule has 45 heavy (non-hydrogen) atoms. The molecule has 1 aromatic heterocycles. The fourth-order valence-electron chi connectivity index (χ4n) is 6.85. The molecule has 11 nitrogen and oxygen atoms in total. The number of benzene rings is 2. The first-order valence-corrected chi connectivity index (χ1v) is 15.3. The number of imide groups is 1. The first kappa shape index (κ1) is 30.8. The smallest absolute Gasteiger partial charge is 0.455 e. The van der Waals surface area contributed by atoms with Gasteiger partial charge in [0.05, 0.1) is 40.9 Å². The van der Waals surface area contributed by atoms with Crippen molar-refractivity contribution in [2.24, 2.45) is 17.8 Å². The summed E-state index contributed by atoms with van der Waals surface area (Å²) in [5.41, 5.74) is 3.24. The van der Waals surface area contributed by atoms with Gasteiger partial charge in [-0.3, -0.25) is 24.7 Å². The van der Waals surface area contributed by atoms with Gasteiger partial charge in [-0.15, -0.1) is 0 Å². The Labute approximate surface area is 267 Å². The Hall–Kier alpha value is -4.17. The summed E-state index contributed by atoms with van der Waals surface area (Å²) in [4.78, 5) is 43.8. The number of aromatic hydroxyl groups is 1. The molecule has 0 radical (unpaired) electrons. The van der Waals surface area contributed by atoms with Crippen molar-refractivity contribution < 1.29 is 34.4 Å². The number of aliphatic hydroxyl groups is 1. The van der Waals surface area contributed by atoms with E-state index in [1.54, 1.807) is 30.5 Å². The van der Waals surface area contributed by atoms with Crippen LogP contribution in [0.25, 0.3) is 11.6 Å². The number of nitro groups is 1. The number of aromatic nitrogens is 1. The molecule has 4 atom stereocenters. The van der Waals surface area contributed by atoms with Gasteiger partial charge in [0, 0.05) is 28.4 Å². The number of nitrogens with zero attached hydrogens (tertiary/aromatic N) is 3. The first-order valence-electron chi connectivity index (χ1n) is 14.5. The largest absolute Gasteiger partial charge is 0.507 e. The monoisotopic (exact) mass is 673 g/mol. The van der Waals surface area contributed by atoms with Gasteiger partial charge in [0.1, 0.15) is 5.75 Å². The predicted molar refractivity (Wildman–Crippen MR) is 170 cm³/mol. The van der Waals surface area contributed by atoms with Gasteiger partial charge in [0.2, 0.25) is 11.8 Å². The molecule has 3 aromatic rings. The van der Waals surface area contributed by atoms with Gasteiger partial charge >= 0.3 is 7.12 Å².